The van der Waals surface area contributed by atoms with Crippen LogP contribution in [0.15, 0.2) is 41.7 Å². The van der Waals surface area contributed by atoms with Gasteiger partial charge in [0.15, 0.2) is 14.9 Å². The highest BCUT2D eigenvalue weighted by Crippen LogP contribution is 2.25. The van der Waals surface area contributed by atoms with E-state index in [-0.39, 0.29) is 11.6 Å². The second kappa shape index (κ2) is 7.33. The van der Waals surface area contributed by atoms with Crippen LogP contribution in [0, 0.1) is 0 Å². The van der Waals surface area contributed by atoms with Gasteiger partial charge in [-0.25, -0.2) is 13.4 Å². The summed E-state index contributed by atoms with van der Waals surface area (Å²) in [5.41, 5.74) is 1.38. The standard InChI is InChI=1S/C20H22ClN5O3S/c1-20(2,27)7-9-25-16-5-4-13(21)10-15(16)23-18(25)12-26-17-11-22-8-6-14(17)19(24-26)30(3,28)29/h4-6,8,10-11,27H,7,9,12H2,1-3H3. The Bertz CT molecular complexity index is 1350. The lowest BCUT2D eigenvalue weighted by molar-refractivity contribution is 0.0663. The maximum atomic E-state index is 12.2. The molecule has 0 saturated carbocycles. The minimum absolute atomic E-state index is 0.0158. The Hall–Kier alpha value is -2.49. The van der Waals surface area contributed by atoms with Gasteiger partial charge in [-0.05, 0) is 44.5 Å². The van der Waals surface area contributed by atoms with Crippen molar-refractivity contribution in [2.75, 3.05) is 6.26 Å². The van der Waals surface area contributed by atoms with Gasteiger partial charge in [-0.2, -0.15) is 5.10 Å². The molecule has 0 fully saturated rings. The average Bonchev–Trinajstić information content (AvgIpc) is 3.17. The number of sulfone groups is 1. The molecule has 0 aliphatic heterocycles. The molecule has 0 atom stereocenters. The first-order valence-corrected chi connectivity index (χ1v) is 11.7. The Kier molecular flexibility index (Phi) is 5.08. The Balaban J connectivity index is 1.84. The maximum Gasteiger partial charge on any atom is 0.195 e. The van der Waals surface area contributed by atoms with E-state index in [1.807, 2.05) is 10.6 Å². The van der Waals surface area contributed by atoms with Crippen molar-refractivity contribution < 1.29 is 13.5 Å². The van der Waals surface area contributed by atoms with E-state index in [1.165, 1.54) is 0 Å². The van der Waals surface area contributed by atoms with Crippen LogP contribution in [-0.2, 0) is 22.9 Å². The van der Waals surface area contributed by atoms with Gasteiger partial charge in [0.1, 0.15) is 5.82 Å². The largest absolute Gasteiger partial charge is 0.390 e. The van der Waals surface area contributed by atoms with Gasteiger partial charge in [0.2, 0.25) is 0 Å². The molecule has 8 nitrogen and oxygen atoms in total. The summed E-state index contributed by atoms with van der Waals surface area (Å²) in [5, 5.41) is 15.7. The number of halogens is 1. The zero-order valence-electron chi connectivity index (χ0n) is 16.9. The minimum atomic E-state index is -3.51. The van der Waals surface area contributed by atoms with E-state index in [0.29, 0.717) is 34.7 Å². The van der Waals surface area contributed by atoms with Crippen molar-refractivity contribution in [1.29, 1.82) is 0 Å². The molecule has 30 heavy (non-hydrogen) atoms. The monoisotopic (exact) mass is 447 g/mol. The van der Waals surface area contributed by atoms with Crippen LogP contribution >= 0.6 is 11.6 Å². The fourth-order valence-electron chi connectivity index (χ4n) is 3.43. The number of rotatable bonds is 6. The second-order valence-electron chi connectivity index (χ2n) is 8.00. The summed E-state index contributed by atoms with van der Waals surface area (Å²) in [7, 11) is -3.51. The Labute approximate surface area is 179 Å². The summed E-state index contributed by atoms with van der Waals surface area (Å²) in [6, 6.07) is 7.12. The fourth-order valence-corrected chi connectivity index (χ4v) is 4.41. The van der Waals surface area contributed by atoms with Crippen LogP contribution in [0.1, 0.15) is 26.1 Å². The number of nitrogens with zero attached hydrogens (tertiary/aromatic N) is 5. The van der Waals surface area contributed by atoms with Gasteiger partial charge >= 0.3 is 0 Å². The van der Waals surface area contributed by atoms with Crippen LogP contribution < -0.4 is 0 Å². The highest BCUT2D eigenvalue weighted by Gasteiger charge is 2.21. The van der Waals surface area contributed by atoms with E-state index in [4.69, 9.17) is 16.6 Å². The molecule has 0 radical (unpaired) electrons. The molecular formula is C20H22ClN5O3S. The van der Waals surface area contributed by atoms with Crippen molar-refractivity contribution in [3.05, 3.63) is 47.5 Å². The highest BCUT2D eigenvalue weighted by atomic mass is 35.5. The van der Waals surface area contributed by atoms with Crippen LogP contribution in [-0.4, -0.2) is 49.7 Å². The quantitative estimate of drug-likeness (QED) is 0.487. The summed E-state index contributed by atoms with van der Waals surface area (Å²) in [4.78, 5) is 8.84. The molecule has 3 aromatic heterocycles. The Morgan fingerprint density at radius 2 is 1.97 bits per heavy atom. The number of hydrogen-bond acceptors (Lipinski definition) is 6. The number of aliphatic hydroxyl groups is 1. The van der Waals surface area contributed by atoms with Crippen LogP contribution in [0.4, 0.5) is 0 Å². The number of imidazole rings is 1. The maximum absolute atomic E-state index is 12.2. The molecule has 1 N–H and O–H groups in total. The van der Waals surface area contributed by atoms with Crippen molar-refractivity contribution in [3.63, 3.8) is 0 Å². The molecular weight excluding hydrogens is 426 g/mol. The molecule has 1 aromatic carbocycles. The summed E-state index contributed by atoms with van der Waals surface area (Å²) in [5.74, 6) is 0.685. The first kappa shape index (κ1) is 20.8. The molecule has 4 rings (SSSR count). The van der Waals surface area contributed by atoms with Gasteiger partial charge in [0.05, 0.1) is 34.9 Å². The molecule has 0 unspecified atom stereocenters. The van der Waals surface area contributed by atoms with Crippen LogP contribution in [0.5, 0.6) is 0 Å². The topological polar surface area (TPSA) is 103 Å². The summed E-state index contributed by atoms with van der Waals surface area (Å²) < 4.78 is 28.0. The number of aromatic nitrogens is 5. The van der Waals surface area contributed by atoms with Crippen LogP contribution in [0.25, 0.3) is 21.9 Å². The van der Waals surface area contributed by atoms with Gasteiger partial charge in [-0.3, -0.25) is 9.67 Å². The van der Waals surface area contributed by atoms with Gasteiger partial charge in [-0.1, -0.05) is 11.6 Å². The average molecular weight is 448 g/mol. The molecule has 0 saturated heterocycles. The zero-order valence-corrected chi connectivity index (χ0v) is 18.4. The van der Waals surface area contributed by atoms with Gasteiger partial charge in [-0.15, -0.1) is 0 Å². The third kappa shape index (κ3) is 4.05. The molecule has 0 aliphatic rings. The number of hydrogen-bond donors (Lipinski definition) is 1. The minimum Gasteiger partial charge on any atom is -0.390 e. The molecule has 4 aromatic rings. The van der Waals surface area contributed by atoms with E-state index >= 15 is 0 Å². The van der Waals surface area contributed by atoms with Crippen molar-refractivity contribution >= 4 is 43.4 Å². The van der Waals surface area contributed by atoms with Crippen molar-refractivity contribution in [2.24, 2.45) is 0 Å². The lowest BCUT2D eigenvalue weighted by atomic mass is 10.1. The van der Waals surface area contributed by atoms with Gasteiger partial charge < -0.3 is 9.67 Å². The van der Waals surface area contributed by atoms with E-state index in [0.717, 1.165) is 17.3 Å². The summed E-state index contributed by atoms with van der Waals surface area (Å²) >= 11 is 6.14. The zero-order chi connectivity index (χ0) is 21.7. The van der Waals surface area contributed by atoms with E-state index in [2.05, 4.69) is 10.1 Å². The first-order valence-electron chi connectivity index (χ1n) is 9.40. The molecule has 0 aliphatic carbocycles. The smallest absolute Gasteiger partial charge is 0.195 e. The number of fused-ring (bicyclic) bond motifs is 2. The molecule has 0 spiro atoms. The van der Waals surface area contributed by atoms with Crippen LogP contribution in [0.3, 0.4) is 0 Å². The number of pyridine rings is 1. The number of benzene rings is 1. The van der Waals surface area contributed by atoms with Crippen molar-refractivity contribution in [3.8, 4) is 0 Å². The second-order valence-corrected chi connectivity index (χ2v) is 10.4. The number of aryl methyl sites for hydroxylation is 1. The third-order valence-corrected chi connectivity index (χ3v) is 6.14. The van der Waals surface area contributed by atoms with E-state index in [9.17, 15) is 13.5 Å². The van der Waals surface area contributed by atoms with Gasteiger partial charge in [0.25, 0.3) is 0 Å². The van der Waals surface area contributed by atoms with Gasteiger partial charge in [0, 0.05) is 29.4 Å². The third-order valence-electron chi connectivity index (χ3n) is 4.90. The van der Waals surface area contributed by atoms with Crippen LogP contribution in [0.2, 0.25) is 5.02 Å². The molecule has 0 amide bonds. The lowest BCUT2D eigenvalue weighted by Crippen LogP contribution is -2.22. The normalized spacial score (nSPS) is 12.8. The summed E-state index contributed by atoms with van der Waals surface area (Å²) in [6.07, 6.45) is 4.80. The lowest BCUT2D eigenvalue weighted by Gasteiger charge is -2.18. The summed E-state index contributed by atoms with van der Waals surface area (Å²) in [6.45, 7) is 4.30. The molecule has 10 heteroatoms. The highest BCUT2D eigenvalue weighted by molar-refractivity contribution is 7.90. The fraction of sp³-hybridized carbons (Fsp3) is 0.350. The Morgan fingerprint density at radius 1 is 1.20 bits per heavy atom. The predicted molar refractivity (Wildman–Crippen MR) is 115 cm³/mol. The Morgan fingerprint density at radius 3 is 2.67 bits per heavy atom. The van der Waals surface area contributed by atoms with Crippen molar-refractivity contribution in [2.45, 2.75) is 44.0 Å². The van der Waals surface area contributed by atoms with E-state index in [1.54, 1.807) is 49.1 Å². The predicted octanol–water partition coefficient (Wildman–Crippen LogP) is 3.05. The van der Waals surface area contributed by atoms with E-state index < -0.39 is 15.4 Å². The molecule has 3 heterocycles. The van der Waals surface area contributed by atoms with Crippen molar-refractivity contribution in [1.82, 2.24) is 24.3 Å². The first-order chi connectivity index (χ1) is 14.0. The molecule has 0 bridgehead atoms. The molecule has 158 valence electrons. The SMILES string of the molecule is CC(C)(O)CCn1c(Cn2nc(S(C)(=O)=O)c3ccncc32)nc2cc(Cl)ccc21.